The van der Waals surface area contributed by atoms with Gasteiger partial charge < -0.3 is 11.1 Å². The van der Waals surface area contributed by atoms with Gasteiger partial charge in [0, 0.05) is 24.5 Å². The lowest BCUT2D eigenvalue weighted by atomic mass is 10.0. The quantitative estimate of drug-likeness (QED) is 0.752. The molecule has 1 aliphatic heterocycles. The number of primary amides is 1. The molecule has 116 valence electrons. The van der Waals surface area contributed by atoms with Crippen LogP contribution in [0, 0.1) is 0 Å². The zero-order valence-electron chi connectivity index (χ0n) is 12.2. The van der Waals surface area contributed by atoms with Crippen LogP contribution in [0.2, 0.25) is 0 Å². The second kappa shape index (κ2) is 6.15. The van der Waals surface area contributed by atoms with Crippen molar-refractivity contribution in [2.45, 2.75) is 18.9 Å². The molecule has 1 saturated heterocycles. The lowest BCUT2D eigenvalue weighted by Crippen LogP contribution is -2.46. The maximum atomic E-state index is 12.4. The fraction of sp³-hybridized carbons (Fsp3) is 0.400. The Bertz CT molecular complexity index is 688. The number of H-pyrrole nitrogens is 1. The SMILES string of the molecule is NC(=O)CN1CCC(NC(=O)c2n[nH]c3ccccc23)CC1. The minimum absolute atomic E-state index is 0.104. The average Bonchev–Trinajstić information content (AvgIpc) is 2.93. The molecular weight excluding hydrogens is 282 g/mol. The van der Waals surface area contributed by atoms with Gasteiger partial charge in [-0.25, -0.2) is 0 Å². The van der Waals surface area contributed by atoms with Crippen LogP contribution in [0.1, 0.15) is 23.3 Å². The lowest BCUT2D eigenvalue weighted by Gasteiger charge is -2.31. The van der Waals surface area contributed by atoms with E-state index >= 15 is 0 Å². The van der Waals surface area contributed by atoms with Gasteiger partial charge in [-0.3, -0.25) is 19.6 Å². The first-order valence-electron chi connectivity index (χ1n) is 7.38. The lowest BCUT2D eigenvalue weighted by molar-refractivity contribution is -0.119. The summed E-state index contributed by atoms with van der Waals surface area (Å²) in [6, 6.07) is 7.66. The van der Waals surface area contributed by atoms with Crippen molar-refractivity contribution in [3.8, 4) is 0 Å². The van der Waals surface area contributed by atoms with Gasteiger partial charge in [-0.1, -0.05) is 18.2 Å². The monoisotopic (exact) mass is 301 g/mol. The van der Waals surface area contributed by atoms with Gasteiger partial charge in [-0.15, -0.1) is 0 Å². The van der Waals surface area contributed by atoms with E-state index in [0.717, 1.165) is 36.8 Å². The van der Waals surface area contributed by atoms with Gasteiger partial charge in [0.15, 0.2) is 5.69 Å². The summed E-state index contributed by atoms with van der Waals surface area (Å²) in [5.74, 6) is -0.476. The highest BCUT2D eigenvalue weighted by molar-refractivity contribution is 6.04. The number of benzene rings is 1. The molecule has 0 radical (unpaired) electrons. The van der Waals surface area contributed by atoms with Crippen LogP contribution in [-0.4, -0.2) is 52.6 Å². The molecule has 7 heteroatoms. The summed E-state index contributed by atoms with van der Waals surface area (Å²) >= 11 is 0. The Labute approximate surface area is 127 Å². The zero-order valence-corrected chi connectivity index (χ0v) is 12.2. The number of aromatic nitrogens is 2. The molecule has 22 heavy (non-hydrogen) atoms. The third-order valence-corrected chi connectivity index (χ3v) is 3.99. The largest absolute Gasteiger partial charge is 0.369 e. The number of carbonyl (C=O) groups is 2. The highest BCUT2D eigenvalue weighted by atomic mass is 16.2. The second-order valence-corrected chi connectivity index (χ2v) is 5.61. The number of piperidine rings is 1. The molecule has 0 aliphatic carbocycles. The van der Waals surface area contributed by atoms with Crippen molar-refractivity contribution >= 4 is 22.7 Å². The fourth-order valence-corrected chi connectivity index (χ4v) is 2.85. The average molecular weight is 301 g/mol. The second-order valence-electron chi connectivity index (χ2n) is 5.61. The van der Waals surface area contributed by atoms with E-state index in [-0.39, 0.29) is 24.4 Å². The summed E-state index contributed by atoms with van der Waals surface area (Å²) in [7, 11) is 0. The molecule has 0 atom stereocenters. The van der Waals surface area contributed by atoms with Crippen LogP contribution in [0.3, 0.4) is 0 Å². The predicted octanol–water partition coefficient (Wildman–Crippen LogP) is 0.242. The minimum Gasteiger partial charge on any atom is -0.369 e. The van der Waals surface area contributed by atoms with Crippen molar-refractivity contribution in [1.82, 2.24) is 20.4 Å². The summed E-state index contributed by atoms with van der Waals surface area (Å²) < 4.78 is 0. The van der Waals surface area contributed by atoms with E-state index in [4.69, 9.17) is 5.73 Å². The Morgan fingerprint density at radius 2 is 2.05 bits per heavy atom. The number of fused-ring (bicyclic) bond motifs is 1. The summed E-state index contributed by atoms with van der Waals surface area (Å²) in [6.45, 7) is 1.80. The van der Waals surface area contributed by atoms with Crippen LogP contribution in [-0.2, 0) is 4.79 Å². The van der Waals surface area contributed by atoms with Crippen LogP contribution in [0.25, 0.3) is 10.9 Å². The Morgan fingerprint density at radius 3 is 2.77 bits per heavy atom. The molecule has 2 amide bonds. The van der Waals surface area contributed by atoms with Gasteiger partial charge in [0.2, 0.25) is 5.91 Å². The zero-order chi connectivity index (χ0) is 15.5. The summed E-state index contributed by atoms with van der Waals surface area (Å²) in [4.78, 5) is 25.3. The van der Waals surface area contributed by atoms with Crippen LogP contribution >= 0.6 is 0 Å². The Hall–Kier alpha value is -2.41. The number of nitrogens with one attached hydrogen (secondary N) is 2. The maximum absolute atomic E-state index is 12.4. The highest BCUT2D eigenvalue weighted by Crippen LogP contribution is 2.16. The number of aromatic amines is 1. The molecule has 4 N–H and O–H groups in total. The Balaban J connectivity index is 1.60. The van der Waals surface area contributed by atoms with Gasteiger partial charge >= 0.3 is 0 Å². The van der Waals surface area contributed by atoms with Crippen molar-refractivity contribution < 1.29 is 9.59 Å². The van der Waals surface area contributed by atoms with Crippen molar-refractivity contribution in [2.75, 3.05) is 19.6 Å². The highest BCUT2D eigenvalue weighted by Gasteiger charge is 2.23. The predicted molar refractivity (Wildman–Crippen MR) is 82.2 cm³/mol. The molecule has 1 fully saturated rings. The molecule has 2 heterocycles. The molecule has 7 nitrogen and oxygen atoms in total. The minimum atomic E-state index is -0.314. The number of carbonyl (C=O) groups excluding carboxylic acids is 2. The van der Waals surface area contributed by atoms with Crippen molar-refractivity contribution in [3.63, 3.8) is 0 Å². The van der Waals surface area contributed by atoms with Crippen LogP contribution in [0.15, 0.2) is 24.3 Å². The molecule has 3 rings (SSSR count). The van der Waals surface area contributed by atoms with Crippen LogP contribution in [0.4, 0.5) is 0 Å². The van der Waals surface area contributed by atoms with E-state index in [1.165, 1.54) is 0 Å². The molecule has 0 unspecified atom stereocenters. The van der Waals surface area contributed by atoms with E-state index in [1.54, 1.807) is 0 Å². The first kappa shape index (κ1) is 14.5. The number of hydrogen-bond donors (Lipinski definition) is 3. The van der Waals surface area contributed by atoms with Gasteiger partial charge in [-0.2, -0.15) is 5.10 Å². The third-order valence-electron chi connectivity index (χ3n) is 3.99. The fourth-order valence-electron chi connectivity index (χ4n) is 2.85. The molecule has 2 aromatic rings. The number of nitrogens with two attached hydrogens (primary N) is 1. The number of likely N-dealkylation sites (tertiary alicyclic amines) is 1. The number of rotatable bonds is 4. The van der Waals surface area contributed by atoms with Gasteiger partial charge in [0.1, 0.15) is 0 Å². The standard InChI is InChI=1S/C15H19N5O2/c16-13(21)9-20-7-5-10(6-8-20)17-15(22)14-11-3-1-2-4-12(11)18-19-14/h1-4,10H,5-9H2,(H2,16,21)(H,17,22)(H,18,19). The molecule has 1 aromatic heterocycles. The maximum Gasteiger partial charge on any atom is 0.272 e. The van der Waals surface area contributed by atoms with Gasteiger partial charge in [0.25, 0.3) is 5.91 Å². The summed E-state index contributed by atoms with van der Waals surface area (Å²) in [5, 5.41) is 10.8. The number of nitrogens with zero attached hydrogens (tertiary/aromatic N) is 2. The first-order chi connectivity index (χ1) is 10.6. The topological polar surface area (TPSA) is 104 Å². The summed E-state index contributed by atoms with van der Waals surface area (Å²) in [5.41, 5.74) is 6.47. The first-order valence-corrected chi connectivity index (χ1v) is 7.38. The Kier molecular flexibility index (Phi) is 4.06. The van der Waals surface area contributed by atoms with E-state index in [1.807, 2.05) is 29.2 Å². The number of amides is 2. The normalized spacial score (nSPS) is 16.7. The van der Waals surface area contributed by atoms with Crippen molar-refractivity contribution in [1.29, 1.82) is 0 Å². The molecule has 1 aromatic carbocycles. The summed E-state index contributed by atoms with van der Waals surface area (Å²) in [6.07, 6.45) is 1.61. The van der Waals surface area contributed by atoms with Crippen LogP contribution < -0.4 is 11.1 Å². The smallest absolute Gasteiger partial charge is 0.272 e. The number of hydrogen-bond acceptors (Lipinski definition) is 4. The van der Waals surface area contributed by atoms with Crippen molar-refractivity contribution in [2.24, 2.45) is 5.73 Å². The molecule has 0 spiro atoms. The molecule has 0 saturated carbocycles. The van der Waals surface area contributed by atoms with Gasteiger partial charge in [0.05, 0.1) is 12.1 Å². The van der Waals surface area contributed by atoms with Crippen LogP contribution in [0.5, 0.6) is 0 Å². The molecular formula is C15H19N5O2. The van der Waals surface area contributed by atoms with E-state index in [9.17, 15) is 9.59 Å². The van der Waals surface area contributed by atoms with Gasteiger partial charge in [-0.05, 0) is 18.9 Å². The molecule has 0 bridgehead atoms. The Morgan fingerprint density at radius 1 is 1.32 bits per heavy atom. The van der Waals surface area contributed by atoms with E-state index in [2.05, 4.69) is 15.5 Å². The van der Waals surface area contributed by atoms with E-state index in [0.29, 0.717) is 5.69 Å². The number of para-hydroxylation sites is 1. The third kappa shape index (κ3) is 3.09. The van der Waals surface area contributed by atoms with E-state index < -0.39 is 0 Å². The van der Waals surface area contributed by atoms with Crippen molar-refractivity contribution in [3.05, 3.63) is 30.0 Å². The molecule has 1 aliphatic rings.